The summed E-state index contributed by atoms with van der Waals surface area (Å²) in [6, 6.07) is -0.431. The zero-order valence-electron chi connectivity index (χ0n) is 10.7. The van der Waals surface area contributed by atoms with E-state index in [1.54, 1.807) is 11.9 Å². The van der Waals surface area contributed by atoms with Gasteiger partial charge in [-0.1, -0.05) is 13.8 Å². The fourth-order valence-corrected chi connectivity index (χ4v) is 1.23. The summed E-state index contributed by atoms with van der Waals surface area (Å²) in [5, 5.41) is 2.92. The van der Waals surface area contributed by atoms with Crippen molar-refractivity contribution in [3.05, 3.63) is 0 Å². The van der Waals surface area contributed by atoms with Crippen LogP contribution in [-0.2, 0) is 14.3 Å². The van der Waals surface area contributed by atoms with E-state index in [0.29, 0.717) is 6.54 Å². The fourth-order valence-electron chi connectivity index (χ4n) is 1.23. The molecule has 0 fully saturated rings. The lowest BCUT2D eigenvalue weighted by atomic mass is 10.0. The first-order valence-electron chi connectivity index (χ1n) is 5.49. The molecular weight excluding hydrogens is 208 g/mol. The molecule has 0 aromatic rings. The number of amides is 1. The zero-order valence-corrected chi connectivity index (χ0v) is 10.7. The van der Waals surface area contributed by atoms with Crippen LogP contribution in [0.15, 0.2) is 0 Å². The number of hydrogen-bond acceptors (Lipinski definition) is 4. The molecule has 94 valence electrons. The van der Waals surface area contributed by atoms with Crippen LogP contribution in [0.4, 0.5) is 0 Å². The molecule has 1 amide bonds. The average Bonchev–Trinajstić information content (AvgIpc) is 2.26. The zero-order chi connectivity index (χ0) is 12.7. The molecule has 16 heavy (non-hydrogen) atoms. The number of carbonyl (C=O) groups is 2. The molecule has 1 atom stereocenters. The number of nitrogens with one attached hydrogen (secondary N) is 1. The molecule has 0 aliphatic rings. The van der Waals surface area contributed by atoms with Crippen molar-refractivity contribution in [2.24, 2.45) is 5.92 Å². The monoisotopic (exact) mass is 230 g/mol. The van der Waals surface area contributed by atoms with Crippen molar-refractivity contribution in [1.29, 1.82) is 0 Å². The van der Waals surface area contributed by atoms with Gasteiger partial charge in [0, 0.05) is 13.6 Å². The molecule has 0 bridgehead atoms. The summed E-state index contributed by atoms with van der Waals surface area (Å²) in [7, 11) is 3.08. The van der Waals surface area contributed by atoms with Gasteiger partial charge >= 0.3 is 5.97 Å². The minimum Gasteiger partial charge on any atom is -0.468 e. The van der Waals surface area contributed by atoms with Crippen molar-refractivity contribution >= 4 is 11.9 Å². The van der Waals surface area contributed by atoms with Crippen molar-refractivity contribution in [2.75, 3.05) is 27.2 Å². The first kappa shape index (κ1) is 14.9. The number of likely N-dealkylation sites (N-methyl/N-ethyl adjacent to an activating group) is 1. The van der Waals surface area contributed by atoms with Gasteiger partial charge < -0.3 is 9.64 Å². The van der Waals surface area contributed by atoms with E-state index in [1.165, 1.54) is 7.11 Å². The van der Waals surface area contributed by atoms with Gasteiger partial charge in [-0.15, -0.1) is 0 Å². The SMILES string of the molecule is CCN(C)C(=O)CNC(C(=O)OC)C(C)C. The first-order valence-corrected chi connectivity index (χ1v) is 5.49. The molecule has 5 heteroatoms. The highest BCUT2D eigenvalue weighted by atomic mass is 16.5. The predicted molar refractivity (Wildman–Crippen MR) is 62.0 cm³/mol. The average molecular weight is 230 g/mol. The molecule has 0 aromatic heterocycles. The molecule has 1 unspecified atom stereocenters. The lowest BCUT2D eigenvalue weighted by molar-refractivity contribution is -0.144. The summed E-state index contributed by atoms with van der Waals surface area (Å²) >= 11 is 0. The van der Waals surface area contributed by atoms with Gasteiger partial charge in [0.05, 0.1) is 13.7 Å². The van der Waals surface area contributed by atoms with Gasteiger partial charge in [-0.2, -0.15) is 0 Å². The highest BCUT2D eigenvalue weighted by molar-refractivity contribution is 5.80. The third-order valence-electron chi connectivity index (χ3n) is 2.50. The largest absolute Gasteiger partial charge is 0.468 e. The lowest BCUT2D eigenvalue weighted by Gasteiger charge is -2.21. The van der Waals surface area contributed by atoms with E-state index in [2.05, 4.69) is 10.1 Å². The number of nitrogens with zero attached hydrogens (tertiary/aromatic N) is 1. The summed E-state index contributed by atoms with van der Waals surface area (Å²) in [6.45, 7) is 6.52. The second-order valence-corrected chi connectivity index (χ2v) is 4.03. The van der Waals surface area contributed by atoms with E-state index in [0.717, 1.165) is 0 Å². The van der Waals surface area contributed by atoms with Crippen LogP contribution in [-0.4, -0.2) is 50.1 Å². The standard InChI is InChI=1S/C11H22N2O3/c1-6-13(4)9(14)7-12-10(8(2)3)11(15)16-5/h8,10,12H,6-7H2,1-5H3. The van der Waals surface area contributed by atoms with Crippen molar-refractivity contribution < 1.29 is 14.3 Å². The Labute approximate surface area is 97.1 Å². The summed E-state index contributed by atoms with van der Waals surface area (Å²) in [5.41, 5.74) is 0. The number of hydrogen-bond donors (Lipinski definition) is 1. The molecule has 0 heterocycles. The highest BCUT2D eigenvalue weighted by Gasteiger charge is 2.23. The molecule has 0 rings (SSSR count). The molecule has 0 aliphatic heterocycles. The van der Waals surface area contributed by atoms with Crippen LogP contribution in [0.3, 0.4) is 0 Å². The number of carbonyl (C=O) groups excluding carboxylic acids is 2. The third-order valence-corrected chi connectivity index (χ3v) is 2.50. The molecule has 0 saturated heterocycles. The van der Waals surface area contributed by atoms with Gasteiger partial charge in [-0.3, -0.25) is 14.9 Å². The molecule has 0 saturated carbocycles. The third kappa shape index (κ3) is 4.61. The van der Waals surface area contributed by atoms with Crippen LogP contribution in [0, 0.1) is 5.92 Å². The van der Waals surface area contributed by atoms with Crippen LogP contribution < -0.4 is 5.32 Å². The van der Waals surface area contributed by atoms with Crippen molar-refractivity contribution in [1.82, 2.24) is 10.2 Å². The van der Waals surface area contributed by atoms with Crippen molar-refractivity contribution in [2.45, 2.75) is 26.8 Å². The Balaban J connectivity index is 4.23. The number of methoxy groups -OCH3 is 1. The van der Waals surface area contributed by atoms with Crippen LogP contribution in [0.25, 0.3) is 0 Å². The molecule has 0 radical (unpaired) electrons. The van der Waals surface area contributed by atoms with E-state index < -0.39 is 6.04 Å². The van der Waals surface area contributed by atoms with Gasteiger partial charge in [0.1, 0.15) is 6.04 Å². The van der Waals surface area contributed by atoms with Crippen LogP contribution in [0.5, 0.6) is 0 Å². The molecule has 0 aromatic carbocycles. The molecule has 5 nitrogen and oxygen atoms in total. The van der Waals surface area contributed by atoms with E-state index in [9.17, 15) is 9.59 Å². The topological polar surface area (TPSA) is 58.6 Å². The van der Waals surface area contributed by atoms with Crippen LogP contribution in [0.2, 0.25) is 0 Å². The van der Waals surface area contributed by atoms with Crippen molar-refractivity contribution in [3.8, 4) is 0 Å². The Hall–Kier alpha value is -1.10. The van der Waals surface area contributed by atoms with Crippen LogP contribution in [0.1, 0.15) is 20.8 Å². The lowest BCUT2D eigenvalue weighted by Crippen LogP contribution is -2.46. The van der Waals surface area contributed by atoms with E-state index >= 15 is 0 Å². The second kappa shape index (κ2) is 7.22. The maximum atomic E-state index is 11.5. The molecule has 0 aliphatic carbocycles. The quantitative estimate of drug-likeness (QED) is 0.665. The number of esters is 1. The second-order valence-electron chi connectivity index (χ2n) is 4.03. The Morgan fingerprint density at radius 2 is 1.94 bits per heavy atom. The van der Waals surface area contributed by atoms with Gasteiger partial charge in [0.15, 0.2) is 0 Å². The maximum Gasteiger partial charge on any atom is 0.323 e. The Morgan fingerprint density at radius 1 is 1.38 bits per heavy atom. The van der Waals surface area contributed by atoms with Crippen LogP contribution >= 0.6 is 0 Å². The summed E-state index contributed by atoms with van der Waals surface area (Å²) < 4.78 is 4.67. The summed E-state index contributed by atoms with van der Waals surface area (Å²) in [6.07, 6.45) is 0. The fraction of sp³-hybridized carbons (Fsp3) is 0.818. The molecular formula is C11H22N2O3. The first-order chi connectivity index (χ1) is 7.43. The molecule has 0 spiro atoms. The highest BCUT2D eigenvalue weighted by Crippen LogP contribution is 2.03. The molecule has 1 N–H and O–H groups in total. The number of rotatable bonds is 6. The Kier molecular flexibility index (Phi) is 6.72. The summed E-state index contributed by atoms with van der Waals surface area (Å²) in [4.78, 5) is 24.5. The van der Waals surface area contributed by atoms with E-state index in [4.69, 9.17) is 0 Å². The predicted octanol–water partition coefficient (Wildman–Crippen LogP) is 0.252. The number of ether oxygens (including phenoxy) is 1. The van der Waals surface area contributed by atoms with Gasteiger partial charge in [0.25, 0.3) is 0 Å². The van der Waals surface area contributed by atoms with Gasteiger partial charge in [-0.05, 0) is 12.8 Å². The maximum absolute atomic E-state index is 11.5. The Bertz CT molecular complexity index is 241. The normalized spacial score (nSPS) is 12.4. The van der Waals surface area contributed by atoms with E-state index in [1.807, 2.05) is 20.8 Å². The smallest absolute Gasteiger partial charge is 0.323 e. The van der Waals surface area contributed by atoms with E-state index in [-0.39, 0.29) is 24.3 Å². The van der Waals surface area contributed by atoms with Gasteiger partial charge in [0.2, 0.25) is 5.91 Å². The van der Waals surface area contributed by atoms with Gasteiger partial charge in [-0.25, -0.2) is 0 Å². The van der Waals surface area contributed by atoms with Crippen molar-refractivity contribution in [3.63, 3.8) is 0 Å². The summed E-state index contributed by atoms with van der Waals surface area (Å²) in [5.74, 6) is -0.272. The minimum atomic E-state index is -0.431. The minimum absolute atomic E-state index is 0.0305. The Morgan fingerprint density at radius 3 is 2.31 bits per heavy atom.